The Bertz CT molecular complexity index is 906. The average molecular weight is 380 g/mol. The first-order valence-electron chi connectivity index (χ1n) is 9.13. The summed E-state index contributed by atoms with van der Waals surface area (Å²) in [5.74, 6) is 0.929. The first-order chi connectivity index (χ1) is 12.3. The fourth-order valence-electron chi connectivity index (χ4n) is 4.27. The van der Waals surface area contributed by atoms with E-state index < -0.39 is 10.0 Å². The van der Waals surface area contributed by atoms with E-state index in [9.17, 15) is 18.0 Å². The Kier molecular flexibility index (Phi) is 4.18. The standard InChI is InChI=1S/C17H24N4O4S/c1-26(24,25)18-9-13(22)21-8-2-6-17(10-21)7-5-12-14(17)19-15(11-3-4-11)20-16(12)23/h11,18H,2-10H2,1H3,(H,19,20,23). The van der Waals surface area contributed by atoms with Crippen molar-refractivity contribution in [2.24, 2.45) is 0 Å². The molecule has 1 aromatic heterocycles. The van der Waals surface area contributed by atoms with Crippen LogP contribution in [-0.4, -0.2) is 55.1 Å². The van der Waals surface area contributed by atoms with Gasteiger partial charge in [-0.2, -0.15) is 0 Å². The van der Waals surface area contributed by atoms with Crippen LogP contribution in [0.1, 0.15) is 55.1 Å². The van der Waals surface area contributed by atoms with Gasteiger partial charge in [-0.1, -0.05) is 0 Å². The molecule has 1 atom stereocenters. The SMILES string of the molecule is CS(=O)(=O)NCC(=O)N1CCCC2(CCc3c2nc(C2CC2)[nH]c3=O)C1. The summed E-state index contributed by atoms with van der Waals surface area (Å²) < 4.78 is 24.8. The van der Waals surface area contributed by atoms with E-state index in [0.717, 1.165) is 55.4 Å². The van der Waals surface area contributed by atoms with Gasteiger partial charge in [0.15, 0.2) is 0 Å². The van der Waals surface area contributed by atoms with Crippen LogP contribution in [0.2, 0.25) is 0 Å². The third-order valence-electron chi connectivity index (χ3n) is 5.77. The van der Waals surface area contributed by atoms with Crippen LogP contribution in [0, 0.1) is 0 Å². The Hall–Kier alpha value is -1.74. The number of rotatable bonds is 4. The number of nitrogens with one attached hydrogen (secondary N) is 2. The molecule has 1 saturated heterocycles. The lowest BCUT2D eigenvalue weighted by molar-refractivity contribution is -0.132. The van der Waals surface area contributed by atoms with E-state index in [1.807, 2.05) is 0 Å². The number of carbonyl (C=O) groups excluding carboxylic acids is 1. The van der Waals surface area contributed by atoms with Crippen LogP contribution < -0.4 is 10.3 Å². The second kappa shape index (κ2) is 6.16. The van der Waals surface area contributed by atoms with Gasteiger partial charge in [0.1, 0.15) is 5.82 Å². The van der Waals surface area contributed by atoms with Crippen molar-refractivity contribution in [2.75, 3.05) is 25.9 Å². The third kappa shape index (κ3) is 3.29. The van der Waals surface area contributed by atoms with Crippen molar-refractivity contribution in [2.45, 2.75) is 49.9 Å². The van der Waals surface area contributed by atoms with Gasteiger partial charge in [-0.05, 0) is 38.5 Å². The van der Waals surface area contributed by atoms with Crippen molar-refractivity contribution < 1.29 is 13.2 Å². The Balaban J connectivity index is 1.58. The van der Waals surface area contributed by atoms with Gasteiger partial charge in [0, 0.05) is 30.0 Å². The van der Waals surface area contributed by atoms with E-state index in [2.05, 4.69) is 9.71 Å². The van der Waals surface area contributed by atoms with E-state index >= 15 is 0 Å². The molecule has 0 bridgehead atoms. The third-order valence-corrected chi connectivity index (χ3v) is 6.44. The molecule has 2 heterocycles. The number of likely N-dealkylation sites (tertiary alicyclic amines) is 1. The molecule has 2 N–H and O–H groups in total. The van der Waals surface area contributed by atoms with Crippen molar-refractivity contribution in [3.05, 3.63) is 27.4 Å². The highest BCUT2D eigenvalue weighted by atomic mass is 32.2. The predicted octanol–water partition coefficient (Wildman–Crippen LogP) is 0.00290. The van der Waals surface area contributed by atoms with E-state index in [1.165, 1.54) is 0 Å². The Labute approximate surface area is 152 Å². The van der Waals surface area contributed by atoms with E-state index in [-0.39, 0.29) is 23.4 Å². The van der Waals surface area contributed by atoms with Crippen molar-refractivity contribution in [1.82, 2.24) is 19.6 Å². The minimum absolute atomic E-state index is 0.0315. The van der Waals surface area contributed by atoms with Crippen LogP contribution in [0.15, 0.2) is 4.79 Å². The van der Waals surface area contributed by atoms with Crippen molar-refractivity contribution in [1.29, 1.82) is 0 Å². The van der Waals surface area contributed by atoms with Crippen LogP contribution in [0.25, 0.3) is 0 Å². The summed E-state index contributed by atoms with van der Waals surface area (Å²) in [6.45, 7) is 0.892. The van der Waals surface area contributed by atoms with Crippen molar-refractivity contribution in [3.8, 4) is 0 Å². The summed E-state index contributed by atoms with van der Waals surface area (Å²) in [6, 6.07) is 0. The molecule has 8 nitrogen and oxygen atoms in total. The van der Waals surface area contributed by atoms with Gasteiger partial charge in [0.05, 0.1) is 18.5 Å². The number of amides is 1. The number of piperidine rings is 1. The largest absolute Gasteiger partial charge is 0.341 e. The highest BCUT2D eigenvalue weighted by molar-refractivity contribution is 7.88. The molecule has 3 aliphatic rings. The second-order valence-electron chi connectivity index (χ2n) is 7.85. The number of carbonyl (C=O) groups is 1. The molecule has 1 spiro atoms. The predicted molar refractivity (Wildman–Crippen MR) is 95.5 cm³/mol. The zero-order valence-electron chi connectivity index (χ0n) is 14.9. The smallest absolute Gasteiger partial charge is 0.254 e. The fourth-order valence-corrected chi connectivity index (χ4v) is 4.65. The first kappa shape index (κ1) is 17.7. The summed E-state index contributed by atoms with van der Waals surface area (Å²) in [6.07, 6.45) is 6.41. The van der Waals surface area contributed by atoms with Gasteiger partial charge in [-0.25, -0.2) is 18.1 Å². The maximum Gasteiger partial charge on any atom is 0.254 e. The fraction of sp³-hybridized carbons (Fsp3) is 0.706. The number of H-pyrrole nitrogens is 1. The highest BCUT2D eigenvalue weighted by Crippen LogP contribution is 2.44. The Morgan fingerprint density at radius 2 is 2.15 bits per heavy atom. The number of hydrogen-bond acceptors (Lipinski definition) is 5. The molecular weight excluding hydrogens is 356 g/mol. The molecule has 1 aliphatic heterocycles. The minimum Gasteiger partial charge on any atom is -0.341 e. The number of fused-ring (bicyclic) bond motifs is 2. The van der Waals surface area contributed by atoms with E-state index in [1.54, 1.807) is 4.90 Å². The van der Waals surface area contributed by atoms with Gasteiger partial charge in [-0.15, -0.1) is 0 Å². The Morgan fingerprint density at radius 1 is 1.38 bits per heavy atom. The topological polar surface area (TPSA) is 112 Å². The summed E-state index contributed by atoms with van der Waals surface area (Å²) in [4.78, 5) is 34.4. The van der Waals surface area contributed by atoms with Gasteiger partial charge < -0.3 is 9.88 Å². The Morgan fingerprint density at radius 3 is 2.85 bits per heavy atom. The van der Waals surface area contributed by atoms with E-state index in [4.69, 9.17) is 4.98 Å². The summed E-state index contributed by atoms with van der Waals surface area (Å²) in [5.41, 5.74) is 1.33. The van der Waals surface area contributed by atoms with Gasteiger partial charge >= 0.3 is 0 Å². The molecule has 1 aromatic rings. The van der Waals surface area contributed by atoms with Gasteiger partial charge in [0.2, 0.25) is 15.9 Å². The maximum atomic E-state index is 12.5. The molecule has 0 aromatic carbocycles. The van der Waals surface area contributed by atoms with Crippen molar-refractivity contribution in [3.63, 3.8) is 0 Å². The molecule has 0 radical (unpaired) electrons. The van der Waals surface area contributed by atoms with Crippen LogP contribution in [0.3, 0.4) is 0 Å². The monoisotopic (exact) mass is 380 g/mol. The number of nitrogens with zero attached hydrogens (tertiary/aromatic N) is 2. The quantitative estimate of drug-likeness (QED) is 0.764. The molecular formula is C17H24N4O4S. The normalized spacial score (nSPS) is 25.5. The average Bonchev–Trinajstić information content (AvgIpc) is 3.38. The lowest BCUT2D eigenvalue weighted by Gasteiger charge is -2.40. The zero-order chi connectivity index (χ0) is 18.5. The summed E-state index contributed by atoms with van der Waals surface area (Å²) in [5, 5.41) is 0. The first-order valence-corrected chi connectivity index (χ1v) is 11.0. The number of aromatic nitrogens is 2. The highest BCUT2D eigenvalue weighted by Gasteiger charge is 2.46. The van der Waals surface area contributed by atoms with Crippen LogP contribution in [0.4, 0.5) is 0 Å². The minimum atomic E-state index is -3.40. The zero-order valence-corrected chi connectivity index (χ0v) is 15.7. The molecule has 9 heteroatoms. The molecule has 4 rings (SSSR count). The molecule has 1 amide bonds. The summed E-state index contributed by atoms with van der Waals surface area (Å²) in [7, 11) is -3.40. The molecule has 1 unspecified atom stereocenters. The summed E-state index contributed by atoms with van der Waals surface area (Å²) >= 11 is 0. The maximum absolute atomic E-state index is 12.5. The van der Waals surface area contributed by atoms with Crippen molar-refractivity contribution >= 4 is 15.9 Å². The molecule has 26 heavy (non-hydrogen) atoms. The molecule has 1 saturated carbocycles. The second-order valence-corrected chi connectivity index (χ2v) is 9.68. The number of hydrogen-bond donors (Lipinski definition) is 2. The van der Waals surface area contributed by atoms with Gasteiger partial charge in [-0.3, -0.25) is 9.59 Å². The van der Waals surface area contributed by atoms with Crippen LogP contribution in [-0.2, 0) is 26.7 Å². The number of sulfonamides is 1. The molecule has 142 valence electrons. The number of aromatic amines is 1. The molecule has 2 fully saturated rings. The van der Waals surface area contributed by atoms with E-state index in [0.29, 0.717) is 25.4 Å². The molecule has 2 aliphatic carbocycles. The lowest BCUT2D eigenvalue weighted by atomic mass is 9.77. The lowest BCUT2D eigenvalue weighted by Crippen LogP contribution is -2.50. The van der Waals surface area contributed by atoms with Gasteiger partial charge in [0.25, 0.3) is 5.56 Å². The van der Waals surface area contributed by atoms with Crippen LogP contribution >= 0.6 is 0 Å². The van der Waals surface area contributed by atoms with Crippen LogP contribution in [0.5, 0.6) is 0 Å².